The second kappa shape index (κ2) is 5.84. The summed E-state index contributed by atoms with van der Waals surface area (Å²) < 4.78 is 4.63. The van der Waals surface area contributed by atoms with Gasteiger partial charge in [-0.15, -0.1) is 0 Å². The number of nitrogens with zero attached hydrogens (tertiary/aromatic N) is 1. The van der Waals surface area contributed by atoms with Crippen LogP contribution in [0.4, 0.5) is 9.59 Å². The topological polar surface area (TPSA) is 122 Å². The van der Waals surface area contributed by atoms with Crippen LogP contribution in [0, 0.1) is 0 Å². The number of hydroxylamine groups is 2. The summed E-state index contributed by atoms with van der Waals surface area (Å²) >= 11 is 0. The minimum atomic E-state index is -1.26. The van der Waals surface area contributed by atoms with E-state index in [0.717, 1.165) is 0 Å². The van der Waals surface area contributed by atoms with Gasteiger partial charge in [-0.2, -0.15) is 0 Å². The first-order valence-corrected chi connectivity index (χ1v) is 5.11. The van der Waals surface area contributed by atoms with Crippen molar-refractivity contribution < 1.29 is 33.9 Å². The molecule has 100 valence electrons. The Morgan fingerprint density at radius 1 is 1.39 bits per heavy atom. The number of hydrogen-bond acceptors (Lipinski definition) is 6. The van der Waals surface area contributed by atoms with Crippen molar-refractivity contribution in [3.8, 4) is 0 Å². The highest BCUT2D eigenvalue weighted by molar-refractivity contribution is 6.01. The van der Waals surface area contributed by atoms with Crippen molar-refractivity contribution in [3.63, 3.8) is 0 Å². The van der Waals surface area contributed by atoms with Gasteiger partial charge in [0.2, 0.25) is 0 Å². The van der Waals surface area contributed by atoms with Crippen LogP contribution in [-0.2, 0) is 19.2 Å². The number of carboxylic acid groups (broad SMARTS) is 1. The monoisotopic (exact) mass is 260 g/mol. The van der Waals surface area contributed by atoms with Gasteiger partial charge >= 0.3 is 12.2 Å². The van der Waals surface area contributed by atoms with Gasteiger partial charge in [-0.25, -0.2) is 9.59 Å². The Labute approximate surface area is 102 Å². The molecular weight excluding hydrogens is 248 g/mol. The maximum Gasteiger partial charge on any atom is 0.534 e. The molecule has 0 aliphatic carbocycles. The molecule has 1 saturated heterocycles. The van der Waals surface area contributed by atoms with Crippen LogP contribution in [0.2, 0.25) is 0 Å². The van der Waals surface area contributed by atoms with Gasteiger partial charge in [0.25, 0.3) is 11.8 Å². The Morgan fingerprint density at radius 2 is 1.94 bits per heavy atom. The average molecular weight is 260 g/mol. The molecule has 1 fully saturated rings. The zero-order valence-corrected chi connectivity index (χ0v) is 9.54. The van der Waals surface area contributed by atoms with Crippen LogP contribution in [-0.4, -0.2) is 46.9 Å². The molecule has 9 heteroatoms. The Hall–Kier alpha value is -2.32. The summed E-state index contributed by atoms with van der Waals surface area (Å²) in [5, 5.41) is 10.7. The lowest BCUT2D eigenvalue weighted by Crippen LogP contribution is -2.36. The molecule has 1 heterocycles. The molecular formula is C9H12N2O7. The minimum Gasteiger partial charge on any atom is -0.465 e. The standard InChI is InChI=1S/C9H12N2O7/c1-5(4-10-8(14)15)17-9(16)18-11-6(12)2-3-7(11)13/h5,10H,2-4H2,1H3,(H,14,15)/t5-/m1/s1. The van der Waals surface area contributed by atoms with Crippen molar-refractivity contribution >= 4 is 24.1 Å². The molecule has 1 aliphatic rings. The largest absolute Gasteiger partial charge is 0.534 e. The molecule has 0 aromatic carbocycles. The SMILES string of the molecule is C[C@H](CNC(=O)O)OC(=O)ON1C(=O)CCC1=O. The van der Waals surface area contributed by atoms with E-state index >= 15 is 0 Å². The third kappa shape index (κ3) is 3.92. The molecule has 0 aromatic heterocycles. The van der Waals surface area contributed by atoms with Crippen LogP contribution < -0.4 is 5.32 Å². The summed E-state index contributed by atoms with van der Waals surface area (Å²) in [5.41, 5.74) is 0. The van der Waals surface area contributed by atoms with Gasteiger partial charge in [-0.1, -0.05) is 5.06 Å². The first kappa shape index (κ1) is 13.7. The summed E-state index contributed by atoms with van der Waals surface area (Å²) in [6.07, 6.45) is -3.31. The van der Waals surface area contributed by atoms with E-state index in [4.69, 9.17) is 5.11 Å². The van der Waals surface area contributed by atoms with Crippen molar-refractivity contribution in [1.82, 2.24) is 10.4 Å². The van der Waals surface area contributed by atoms with E-state index in [1.165, 1.54) is 6.92 Å². The Bertz CT molecular complexity index is 365. The van der Waals surface area contributed by atoms with Gasteiger partial charge in [0.05, 0.1) is 6.54 Å². The summed E-state index contributed by atoms with van der Waals surface area (Å²) in [4.78, 5) is 48.0. The highest BCUT2D eigenvalue weighted by Gasteiger charge is 2.33. The zero-order valence-electron chi connectivity index (χ0n) is 9.54. The Balaban J connectivity index is 2.35. The van der Waals surface area contributed by atoms with E-state index in [1.54, 1.807) is 0 Å². The molecule has 0 bridgehead atoms. The highest BCUT2D eigenvalue weighted by Crippen LogP contribution is 2.12. The molecule has 3 amide bonds. The van der Waals surface area contributed by atoms with Gasteiger partial charge in [-0.05, 0) is 6.92 Å². The third-order valence-corrected chi connectivity index (χ3v) is 2.01. The molecule has 0 unspecified atom stereocenters. The normalized spacial score (nSPS) is 16.4. The number of amides is 3. The third-order valence-electron chi connectivity index (χ3n) is 2.01. The lowest BCUT2D eigenvalue weighted by molar-refractivity contribution is -0.178. The van der Waals surface area contributed by atoms with Crippen molar-refractivity contribution in [1.29, 1.82) is 0 Å². The van der Waals surface area contributed by atoms with E-state index in [0.29, 0.717) is 5.06 Å². The molecule has 1 rings (SSSR count). The van der Waals surface area contributed by atoms with Crippen molar-refractivity contribution in [2.45, 2.75) is 25.9 Å². The van der Waals surface area contributed by atoms with E-state index in [2.05, 4.69) is 9.57 Å². The second-order valence-corrected chi connectivity index (χ2v) is 3.54. The molecule has 0 aromatic rings. The second-order valence-electron chi connectivity index (χ2n) is 3.54. The van der Waals surface area contributed by atoms with Gasteiger partial charge < -0.3 is 15.2 Å². The van der Waals surface area contributed by atoms with Crippen molar-refractivity contribution in [2.24, 2.45) is 0 Å². The minimum absolute atomic E-state index is 0.0117. The average Bonchev–Trinajstić information content (AvgIpc) is 2.58. The predicted molar refractivity (Wildman–Crippen MR) is 54.1 cm³/mol. The summed E-state index contributed by atoms with van der Waals surface area (Å²) in [5.74, 6) is -1.23. The van der Waals surface area contributed by atoms with Crippen LogP contribution in [0.5, 0.6) is 0 Å². The van der Waals surface area contributed by atoms with E-state index in [9.17, 15) is 19.2 Å². The fourth-order valence-electron chi connectivity index (χ4n) is 1.19. The first-order valence-electron chi connectivity index (χ1n) is 5.11. The lowest BCUT2D eigenvalue weighted by atomic mass is 10.4. The van der Waals surface area contributed by atoms with Crippen LogP contribution in [0.15, 0.2) is 0 Å². The number of nitrogens with one attached hydrogen (secondary N) is 1. The predicted octanol–water partition coefficient (Wildman–Crippen LogP) is -0.140. The maximum atomic E-state index is 11.2. The molecule has 18 heavy (non-hydrogen) atoms. The van der Waals surface area contributed by atoms with Gasteiger partial charge in [-0.3, -0.25) is 14.4 Å². The smallest absolute Gasteiger partial charge is 0.465 e. The molecule has 1 aliphatic heterocycles. The van der Waals surface area contributed by atoms with Gasteiger partial charge in [0.1, 0.15) is 6.10 Å². The van der Waals surface area contributed by atoms with Gasteiger partial charge in [0, 0.05) is 12.8 Å². The molecule has 1 atom stereocenters. The number of ether oxygens (including phenoxy) is 1. The molecule has 0 radical (unpaired) electrons. The first-order chi connectivity index (χ1) is 8.40. The molecule has 2 N–H and O–H groups in total. The zero-order chi connectivity index (χ0) is 13.7. The van der Waals surface area contributed by atoms with Gasteiger partial charge in [0.15, 0.2) is 0 Å². The summed E-state index contributed by atoms with van der Waals surface area (Å²) in [7, 11) is 0. The van der Waals surface area contributed by atoms with E-state index in [-0.39, 0.29) is 19.4 Å². The van der Waals surface area contributed by atoms with Crippen LogP contribution in [0.1, 0.15) is 19.8 Å². The fraction of sp³-hybridized carbons (Fsp3) is 0.556. The number of rotatable bonds is 4. The van der Waals surface area contributed by atoms with E-state index in [1.807, 2.05) is 5.32 Å². The number of imide groups is 1. The fourth-order valence-corrected chi connectivity index (χ4v) is 1.19. The molecule has 9 nitrogen and oxygen atoms in total. The van der Waals surface area contributed by atoms with Crippen LogP contribution >= 0.6 is 0 Å². The van der Waals surface area contributed by atoms with E-state index < -0.39 is 30.2 Å². The number of carbonyl (C=O) groups is 4. The molecule has 0 spiro atoms. The lowest BCUT2D eigenvalue weighted by Gasteiger charge is -2.15. The van der Waals surface area contributed by atoms with Crippen LogP contribution in [0.25, 0.3) is 0 Å². The van der Waals surface area contributed by atoms with Crippen LogP contribution in [0.3, 0.4) is 0 Å². The Kier molecular flexibility index (Phi) is 4.46. The quantitative estimate of drug-likeness (QED) is 0.532. The number of hydrogen-bond donors (Lipinski definition) is 2. The van der Waals surface area contributed by atoms with Crippen molar-refractivity contribution in [2.75, 3.05) is 6.54 Å². The molecule has 0 saturated carbocycles. The highest BCUT2D eigenvalue weighted by atomic mass is 16.8. The number of carbonyl (C=O) groups excluding carboxylic acids is 3. The maximum absolute atomic E-state index is 11.2. The Morgan fingerprint density at radius 3 is 2.44 bits per heavy atom. The summed E-state index contributed by atoms with van der Waals surface area (Å²) in [6.45, 7) is 1.29. The summed E-state index contributed by atoms with van der Waals surface area (Å²) in [6, 6.07) is 0. The van der Waals surface area contributed by atoms with Crippen molar-refractivity contribution in [3.05, 3.63) is 0 Å².